The Labute approximate surface area is 169 Å². The highest BCUT2D eigenvalue weighted by atomic mass is 16.3. The maximum absolute atomic E-state index is 13.1. The fourth-order valence-electron chi connectivity index (χ4n) is 4.56. The third kappa shape index (κ3) is 2.92. The number of piperidine rings is 1. The molecule has 0 bridgehead atoms. The average molecular weight is 391 g/mol. The molecule has 3 aromatic rings. The van der Waals surface area contributed by atoms with Crippen LogP contribution in [0.1, 0.15) is 39.3 Å². The van der Waals surface area contributed by atoms with Crippen LogP contribution in [0.3, 0.4) is 0 Å². The molecule has 2 N–H and O–H groups in total. The summed E-state index contributed by atoms with van der Waals surface area (Å²) in [6, 6.07) is 8.35. The van der Waals surface area contributed by atoms with Gasteiger partial charge in [-0.15, -0.1) is 0 Å². The summed E-state index contributed by atoms with van der Waals surface area (Å²) in [4.78, 5) is 23.5. The van der Waals surface area contributed by atoms with Gasteiger partial charge in [-0.05, 0) is 43.4 Å². The molecule has 7 heteroatoms. The molecule has 2 atom stereocenters. The third-order valence-electron chi connectivity index (χ3n) is 6.61. The number of fused-ring (bicyclic) bond motifs is 2. The highest BCUT2D eigenvalue weighted by Gasteiger charge is 2.45. The molecule has 4 heterocycles. The summed E-state index contributed by atoms with van der Waals surface area (Å²) in [5, 5.41) is 14.6. The number of aliphatic hydroxyl groups is 1. The highest BCUT2D eigenvalue weighted by molar-refractivity contribution is 5.93. The number of benzene rings is 1. The summed E-state index contributed by atoms with van der Waals surface area (Å²) in [6.45, 7) is 5.61. The van der Waals surface area contributed by atoms with Crippen LogP contribution in [0.4, 0.5) is 0 Å². The lowest BCUT2D eigenvalue weighted by molar-refractivity contribution is -0.0140. The van der Waals surface area contributed by atoms with Crippen LogP contribution in [-0.4, -0.2) is 55.0 Å². The summed E-state index contributed by atoms with van der Waals surface area (Å²) in [5.41, 5.74) is 4.63. The molecule has 1 amide bonds. The maximum atomic E-state index is 13.1. The van der Waals surface area contributed by atoms with Gasteiger partial charge in [0, 0.05) is 37.7 Å². The minimum atomic E-state index is -0.632. The molecule has 0 aliphatic carbocycles. The number of hydrogen-bond donors (Lipinski definition) is 2. The molecule has 1 fully saturated rings. The van der Waals surface area contributed by atoms with E-state index in [1.54, 1.807) is 17.3 Å². The van der Waals surface area contributed by atoms with Gasteiger partial charge in [-0.25, -0.2) is 9.97 Å². The van der Waals surface area contributed by atoms with Gasteiger partial charge < -0.3 is 15.3 Å². The zero-order chi connectivity index (χ0) is 20.2. The second-order valence-corrected chi connectivity index (χ2v) is 8.29. The molecule has 7 nitrogen and oxygen atoms in total. The smallest absolute Gasteiger partial charge is 0.274 e. The molecule has 1 aromatic carbocycles. The molecule has 0 unspecified atom stereocenters. The van der Waals surface area contributed by atoms with E-state index in [-0.39, 0.29) is 11.4 Å². The van der Waals surface area contributed by atoms with E-state index in [0.29, 0.717) is 31.0 Å². The number of amides is 1. The van der Waals surface area contributed by atoms with E-state index in [2.05, 4.69) is 27.4 Å². The predicted octanol–water partition coefficient (Wildman–Crippen LogP) is 1.64. The predicted molar refractivity (Wildman–Crippen MR) is 109 cm³/mol. The molecule has 2 aromatic heterocycles. The monoisotopic (exact) mass is 391 g/mol. The van der Waals surface area contributed by atoms with Gasteiger partial charge in [-0.3, -0.25) is 9.20 Å². The van der Waals surface area contributed by atoms with E-state index >= 15 is 0 Å². The first-order chi connectivity index (χ1) is 14.0. The van der Waals surface area contributed by atoms with Crippen molar-refractivity contribution in [1.82, 2.24) is 24.6 Å². The summed E-state index contributed by atoms with van der Waals surface area (Å²) in [7, 11) is 0. The van der Waals surface area contributed by atoms with Gasteiger partial charge in [0.05, 0.1) is 11.6 Å². The van der Waals surface area contributed by atoms with E-state index in [1.165, 1.54) is 11.1 Å². The summed E-state index contributed by atoms with van der Waals surface area (Å²) in [5.74, 6) is 0.369. The number of aliphatic hydroxyl groups excluding tert-OH is 1. The Morgan fingerprint density at radius 1 is 1.28 bits per heavy atom. The third-order valence-corrected chi connectivity index (χ3v) is 6.61. The number of rotatable bonds is 1. The van der Waals surface area contributed by atoms with Crippen LogP contribution in [-0.2, 0) is 13.0 Å². The molecule has 1 spiro atoms. The van der Waals surface area contributed by atoms with Crippen molar-refractivity contribution in [2.45, 2.75) is 44.9 Å². The van der Waals surface area contributed by atoms with Crippen LogP contribution >= 0.6 is 0 Å². The quantitative estimate of drug-likeness (QED) is 0.659. The first kappa shape index (κ1) is 18.3. The fourth-order valence-corrected chi connectivity index (χ4v) is 4.56. The highest BCUT2D eigenvalue weighted by Crippen LogP contribution is 2.32. The van der Waals surface area contributed by atoms with Crippen LogP contribution in [0.15, 0.2) is 36.7 Å². The molecular weight excluding hydrogens is 366 g/mol. The molecule has 150 valence electrons. The van der Waals surface area contributed by atoms with E-state index in [0.717, 1.165) is 24.2 Å². The van der Waals surface area contributed by atoms with E-state index < -0.39 is 6.10 Å². The molecular formula is C22H25N5O2. The largest absolute Gasteiger partial charge is 0.389 e. The second kappa shape index (κ2) is 6.64. The van der Waals surface area contributed by atoms with E-state index in [9.17, 15) is 9.90 Å². The summed E-state index contributed by atoms with van der Waals surface area (Å²) >= 11 is 0. The number of carbonyl (C=O) groups excluding carboxylic acids is 1. The van der Waals surface area contributed by atoms with Crippen LogP contribution in [0, 0.1) is 13.8 Å². The van der Waals surface area contributed by atoms with E-state index in [1.807, 2.05) is 30.4 Å². The SMILES string of the molecule is Cc1cnc2nc(C(=O)N3CC[C@]4(Cc5ccccc5CN4)[C@H](O)C3)cn2c1C. The minimum Gasteiger partial charge on any atom is -0.389 e. The Kier molecular flexibility index (Phi) is 4.18. The Hall–Kier alpha value is -2.77. The lowest BCUT2D eigenvalue weighted by atomic mass is 9.76. The van der Waals surface area contributed by atoms with Gasteiger partial charge in [-0.2, -0.15) is 0 Å². The molecule has 1 saturated heterocycles. The Balaban J connectivity index is 1.36. The lowest BCUT2D eigenvalue weighted by Crippen LogP contribution is -2.65. The first-order valence-electron chi connectivity index (χ1n) is 10.1. The van der Waals surface area contributed by atoms with E-state index in [4.69, 9.17) is 0 Å². The van der Waals surface area contributed by atoms with Crippen molar-refractivity contribution in [3.8, 4) is 0 Å². The molecule has 5 rings (SSSR count). The fraction of sp³-hybridized carbons (Fsp3) is 0.409. The van der Waals surface area contributed by atoms with Crippen molar-refractivity contribution in [2.75, 3.05) is 13.1 Å². The molecule has 0 saturated carbocycles. The van der Waals surface area contributed by atoms with Crippen LogP contribution in [0.2, 0.25) is 0 Å². The number of hydrogen-bond acceptors (Lipinski definition) is 5. The summed E-state index contributed by atoms with van der Waals surface area (Å²) < 4.78 is 1.85. The minimum absolute atomic E-state index is 0.155. The van der Waals surface area contributed by atoms with Crippen molar-refractivity contribution in [2.24, 2.45) is 0 Å². The van der Waals surface area contributed by atoms with Crippen molar-refractivity contribution in [3.63, 3.8) is 0 Å². The first-order valence-corrected chi connectivity index (χ1v) is 10.1. The molecule has 2 aliphatic rings. The number of aryl methyl sites for hydroxylation is 2. The number of imidazole rings is 1. The lowest BCUT2D eigenvalue weighted by Gasteiger charge is -2.48. The maximum Gasteiger partial charge on any atom is 0.274 e. The van der Waals surface area contributed by atoms with Crippen molar-refractivity contribution >= 4 is 11.7 Å². The van der Waals surface area contributed by atoms with Crippen LogP contribution in [0.5, 0.6) is 0 Å². The van der Waals surface area contributed by atoms with Gasteiger partial charge in [-0.1, -0.05) is 24.3 Å². The summed E-state index contributed by atoms with van der Waals surface area (Å²) in [6.07, 6.45) is 4.38. The molecule has 0 radical (unpaired) electrons. The van der Waals surface area contributed by atoms with Gasteiger partial charge in [0.1, 0.15) is 5.69 Å². The number of likely N-dealkylation sites (tertiary alicyclic amines) is 1. The standard InChI is InChI=1S/C22H25N5O2/c1-14-10-23-21-25-18(12-27(21)15(14)2)20(29)26-8-7-22(19(28)13-26)9-16-5-3-4-6-17(16)11-24-22/h3-6,10,12,19,24,28H,7-9,11,13H2,1-2H3/t19-,22+/m1/s1. The average Bonchev–Trinajstić information content (AvgIpc) is 3.17. The van der Waals surface area contributed by atoms with Crippen molar-refractivity contribution in [3.05, 3.63) is 64.7 Å². The van der Waals surface area contributed by atoms with Gasteiger partial charge in [0.2, 0.25) is 5.78 Å². The van der Waals surface area contributed by atoms with Gasteiger partial charge >= 0.3 is 0 Å². The number of nitrogens with one attached hydrogen (secondary N) is 1. The normalized spacial score (nSPS) is 24.1. The molecule has 2 aliphatic heterocycles. The number of nitrogens with zero attached hydrogens (tertiary/aromatic N) is 4. The molecule has 29 heavy (non-hydrogen) atoms. The zero-order valence-electron chi connectivity index (χ0n) is 16.7. The Morgan fingerprint density at radius 3 is 2.86 bits per heavy atom. The van der Waals surface area contributed by atoms with Crippen molar-refractivity contribution in [1.29, 1.82) is 0 Å². The number of aromatic nitrogens is 3. The van der Waals surface area contributed by atoms with Crippen molar-refractivity contribution < 1.29 is 9.90 Å². The number of β-amino-alcohol motifs (C(OH)–C–C–N with tert-alkyl or cyclic N) is 1. The number of carbonyl (C=O) groups is 1. The second-order valence-electron chi connectivity index (χ2n) is 8.29. The van der Waals surface area contributed by atoms with Gasteiger partial charge in [0.25, 0.3) is 5.91 Å². The zero-order valence-corrected chi connectivity index (χ0v) is 16.7. The van der Waals surface area contributed by atoms with Gasteiger partial charge in [0.15, 0.2) is 0 Å². The Bertz CT molecular complexity index is 1110. The Morgan fingerprint density at radius 2 is 2.07 bits per heavy atom. The van der Waals surface area contributed by atoms with Crippen LogP contribution < -0.4 is 5.32 Å². The topological polar surface area (TPSA) is 82.8 Å². The van der Waals surface area contributed by atoms with Crippen LogP contribution in [0.25, 0.3) is 5.78 Å².